The first-order valence-corrected chi connectivity index (χ1v) is 6.22. The first kappa shape index (κ1) is 16.4. The van der Waals surface area contributed by atoms with Crippen molar-refractivity contribution < 1.29 is 9.53 Å². The van der Waals surface area contributed by atoms with Crippen LogP contribution in [0.2, 0.25) is 0 Å². The van der Waals surface area contributed by atoms with Crippen LogP contribution < -0.4 is 0 Å². The molecule has 0 aliphatic rings. The highest BCUT2D eigenvalue weighted by atomic mass is 16.5. The van der Waals surface area contributed by atoms with Crippen LogP contribution in [0, 0.1) is 5.41 Å². The van der Waals surface area contributed by atoms with Crippen molar-refractivity contribution in [3.8, 4) is 0 Å². The summed E-state index contributed by atoms with van der Waals surface area (Å²) in [6, 6.07) is 0. The van der Waals surface area contributed by atoms with E-state index in [1.807, 2.05) is 39.8 Å². The molecule has 4 nitrogen and oxygen atoms in total. The molecule has 0 rings (SSSR count). The van der Waals surface area contributed by atoms with Gasteiger partial charge in [-0.2, -0.15) is 0 Å². The van der Waals surface area contributed by atoms with Crippen LogP contribution >= 0.6 is 0 Å². The zero-order valence-corrected chi connectivity index (χ0v) is 12.2. The highest BCUT2D eigenvalue weighted by Gasteiger charge is 2.26. The lowest BCUT2D eigenvalue weighted by molar-refractivity contribution is -0.140. The molecule has 0 aromatic heterocycles. The summed E-state index contributed by atoms with van der Waals surface area (Å²) >= 11 is 0. The number of ether oxygens (including phenoxy) is 1. The third-order valence-corrected chi connectivity index (χ3v) is 2.53. The van der Waals surface area contributed by atoms with E-state index in [1.165, 1.54) is 0 Å². The van der Waals surface area contributed by atoms with E-state index < -0.39 is 0 Å². The fourth-order valence-corrected chi connectivity index (χ4v) is 1.57. The van der Waals surface area contributed by atoms with E-state index in [1.54, 1.807) is 7.11 Å². The van der Waals surface area contributed by atoms with Gasteiger partial charge in [-0.15, -0.1) is 0 Å². The number of carbonyl (C=O) groups is 1. The minimum Gasteiger partial charge on any atom is -0.383 e. The van der Waals surface area contributed by atoms with Gasteiger partial charge in [0.1, 0.15) is 0 Å². The standard InChI is InChI=1S/C13H28N2O2/c1-13(2,3)12(16)15(10-11-17-6)9-7-8-14(4)5/h7-11H2,1-6H3. The van der Waals surface area contributed by atoms with Gasteiger partial charge in [-0.3, -0.25) is 4.79 Å². The van der Waals surface area contributed by atoms with Crippen molar-refractivity contribution in [1.29, 1.82) is 0 Å². The number of hydrogen-bond acceptors (Lipinski definition) is 3. The van der Waals surface area contributed by atoms with E-state index in [4.69, 9.17) is 4.74 Å². The number of rotatable bonds is 7. The highest BCUT2D eigenvalue weighted by Crippen LogP contribution is 2.17. The molecule has 0 radical (unpaired) electrons. The molecule has 0 fully saturated rings. The Morgan fingerprint density at radius 1 is 1.12 bits per heavy atom. The van der Waals surface area contributed by atoms with Crippen molar-refractivity contribution in [3.63, 3.8) is 0 Å². The fraction of sp³-hybridized carbons (Fsp3) is 0.923. The largest absolute Gasteiger partial charge is 0.383 e. The predicted molar refractivity (Wildman–Crippen MR) is 71.1 cm³/mol. The summed E-state index contributed by atoms with van der Waals surface area (Å²) in [7, 11) is 5.76. The van der Waals surface area contributed by atoms with Crippen molar-refractivity contribution >= 4 is 5.91 Å². The molecule has 0 N–H and O–H groups in total. The van der Waals surface area contributed by atoms with Crippen molar-refractivity contribution in [3.05, 3.63) is 0 Å². The number of nitrogens with zero attached hydrogens (tertiary/aromatic N) is 2. The molecular weight excluding hydrogens is 216 g/mol. The van der Waals surface area contributed by atoms with E-state index in [9.17, 15) is 4.79 Å². The Morgan fingerprint density at radius 2 is 1.71 bits per heavy atom. The SMILES string of the molecule is COCCN(CCCN(C)C)C(=O)C(C)(C)C. The normalized spacial score (nSPS) is 11.9. The first-order chi connectivity index (χ1) is 7.79. The van der Waals surface area contributed by atoms with Crippen molar-refractivity contribution in [2.45, 2.75) is 27.2 Å². The minimum atomic E-state index is -0.314. The zero-order valence-electron chi connectivity index (χ0n) is 12.2. The van der Waals surface area contributed by atoms with E-state index in [0.717, 1.165) is 19.5 Å². The van der Waals surface area contributed by atoms with Crippen molar-refractivity contribution in [2.75, 3.05) is 47.4 Å². The van der Waals surface area contributed by atoms with Crippen LogP contribution in [-0.2, 0) is 9.53 Å². The second kappa shape index (κ2) is 7.67. The molecule has 0 spiro atoms. The smallest absolute Gasteiger partial charge is 0.228 e. The molecule has 4 heteroatoms. The van der Waals surface area contributed by atoms with Gasteiger partial charge in [-0.1, -0.05) is 20.8 Å². The maximum atomic E-state index is 12.2. The van der Waals surface area contributed by atoms with Crippen LogP contribution in [0.15, 0.2) is 0 Å². The maximum Gasteiger partial charge on any atom is 0.228 e. The number of amides is 1. The van der Waals surface area contributed by atoms with Crippen LogP contribution in [0.3, 0.4) is 0 Å². The van der Waals surface area contributed by atoms with Gasteiger partial charge < -0.3 is 14.5 Å². The van der Waals surface area contributed by atoms with Gasteiger partial charge in [-0.25, -0.2) is 0 Å². The summed E-state index contributed by atoms with van der Waals surface area (Å²) in [5.41, 5.74) is -0.314. The molecule has 0 aliphatic carbocycles. The first-order valence-electron chi connectivity index (χ1n) is 6.22. The third kappa shape index (κ3) is 7.34. The molecule has 0 aromatic rings. The Kier molecular flexibility index (Phi) is 7.39. The lowest BCUT2D eigenvalue weighted by Crippen LogP contribution is -2.42. The molecule has 1 amide bonds. The Bertz CT molecular complexity index is 222. The molecule has 17 heavy (non-hydrogen) atoms. The van der Waals surface area contributed by atoms with Gasteiger partial charge >= 0.3 is 0 Å². The van der Waals surface area contributed by atoms with E-state index in [2.05, 4.69) is 4.90 Å². The molecule has 0 aliphatic heterocycles. The highest BCUT2D eigenvalue weighted by molar-refractivity contribution is 5.81. The van der Waals surface area contributed by atoms with Crippen LogP contribution in [0.1, 0.15) is 27.2 Å². The summed E-state index contributed by atoms with van der Waals surface area (Å²) < 4.78 is 5.06. The van der Waals surface area contributed by atoms with E-state index in [0.29, 0.717) is 13.2 Å². The van der Waals surface area contributed by atoms with Crippen molar-refractivity contribution in [1.82, 2.24) is 9.80 Å². The van der Waals surface area contributed by atoms with E-state index in [-0.39, 0.29) is 11.3 Å². The quantitative estimate of drug-likeness (QED) is 0.680. The Hall–Kier alpha value is -0.610. The monoisotopic (exact) mass is 244 g/mol. The maximum absolute atomic E-state index is 12.2. The molecule has 0 saturated heterocycles. The van der Waals surface area contributed by atoms with Gasteiger partial charge in [-0.05, 0) is 27.1 Å². The van der Waals surface area contributed by atoms with Crippen LogP contribution in [-0.4, -0.2) is 63.2 Å². The van der Waals surface area contributed by atoms with Gasteiger partial charge in [0.25, 0.3) is 0 Å². The summed E-state index contributed by atoms with van der Waals surface area (Å²) in [5.74, 6) is 0.202. The molecule has 102 valence electrons. The molecule has 0 unspecified atom stereocenters. The molecule has 0 aromatic carbocycles. The molecular formula is C13H28N2O2. The van der Waals surface area contributed by atoms with Gasteiger partial charge in [0.05, 0.1) is 6.61 Å². The molecule has 0 heterocycles. The molecule has 0 bridgehead atoms. The number of methoxy groups -OCH3 is 1. The van der Waals surface area contributed by atoms with Crippen molar-refractivity contribution in [2.24, 2.45) is 5.41 Å². The molecule has 0 atom stereocenters. The second-order valence-electron chi connectivity index (χ2n) is 5.69. The average molecular weight is 244 g/mol. The van der Waals surface area contributed by atoms with Gasteiger partial charge in [0, 0.05) is 25.6 Å². The fourth-order valence-electron chi connectivity index (χ4n) is 1.57. The van der Waals surface area contributed by atoms with E-state index >= 15 is 0 Å². The second-order valence-corrected chi connectivity index (χ2v) is 5.69. The lowest BCUT2D eigenvalue weighted by atomic mass is 9.94. The number of hydrogen-bond donors (Lipinski definition) is 0. The summed E-state index contributed by atoms with van der Waals surface area (Å²) in [6.07, 6.45) is 0.999. The van der Waals surface area contributed by atoms with Gasteiger partial charge in [0.2, 0.25) is 5.91 Å². The lowest BCUT2D eigenvalue weighted by Gasteiger charge is -2.29. The Morgan fingerprint density at radius 3 is 2.12 bits per heavy atom. The van der Waals surface area contributed by atoms with Crippen LogP contribution in [0.25, 0.3) is 0 Å². The minimum absolute atomic E-state index is 0.202. The Labute approximate surface area is 106 Å². The Balaban J connectivity index is 4.28. The summed E-state index contributed by atoms with van der Waals surface area (Å²) in [6.45, 7) is 8.96. The zero-order chi connectivity index (χ0) is 13.5. The average Bonchev–Trinajstić information content (AvgIpc) is 2.20. The topological polar surface area (TPSA) is 32.8 Å². The third-order valence-electron chi connectivity index (χ3n) is 2.53. The predicted octanol–water partition coefficient (Wildman–Crippen LogP) is 1.46. The summed E-state index contributed by atoms with van der Waals surface area (Å²) in [4.78, 5) is 16.2. The van der Waals surface area contributed by atoms with Crippen LogP contribution in [0.4, 0.5) is 0 Å². The van der Waals surface area contributed by atoms with Crippen LogP contribution in [0.5, 0.6) is 0 Å². The van der Waals surface area contributed by atoms with Gasteiger partial charge in [0.15, 0.2) is 0 Å². The molecule has 0 saturated carbocycles. The number of carbonyl (C=O) groups excluding carboxylic acids is 1. The summed E-state index contributed by atoms with van der Waals surface area (Å²) in [5, 5.41) is 0.